The van der Waals surface area contributed by atoms with Crippen LogP contribution in [0.4, 0.5) is 5.69 Å². The molecule has 0 saturated heterocycles. The molecule has 19 heavy (non-hydrogen) atoms. The number of anilines is 1. The van der Waals surface area contributed by atoms with Gasteiger partial charge in [-0.1, -0.05) is 12.1 Å². The van der Waals surface area contributed by atoms with Crippen LogP contribution >= 0.6 is 0 Å². The molecule has 0 radical (unpaired) electrons. The lowest BCUT2D eigenvalue weighted by molar-refractivity contribution is -0.118. The third-order valence-electron chi connectivity index (χ3n) is 2.92. The van der Waals surface area contributed by atoms with Crippen molar-refractivity contribution in [3.63, 3.8) is 0 Å². The first-order valence-corrected chi connectivity index (χ1v) is 6.25. The Morgan fingerprint density at radius 2 is 2.32 bits per heavy atom. The van der Waals surface area contributed by atoms with Gasteiger partial charge in [-0.25, -0.2) is 0 Å². The fourth-order valence-electron chi connectivity index (χ4n) is 1.92. The smallest absolute Gasteiger partial charge is 0.244 e. The molecule has 1 aromatic carbocycles. The normalized spacial score (nSPS) is 12.1. The highest BCUT2D eigenvalue weighted by Crippen LogP contribution is 2.19. The van der Waals surface area contributed by atoms with E-state index in [0.717, 1.165) is 23.4 Å². The number of nitrogens with one attached hydrogen (secondary N) is 1. The van der Waals surface area contributed by atoms with E-state index in [2.05, 4.69) is 10.4 Å². The summed E-state index contributed by atoms with van der Waals surface area (Å²) in [7, 11) is 0. The van der Waals surface area contributed by atoms with Gasteiger partial charge in [0.1, 0.15) is 6.04 Å². The number of nitrogens with zero attached hydrogens (tertiary/aromatic N) is 2. The van der Waals surface area contributed by atoms with Crippen LogP contribution in [0.25, 0.3) is 0 Å². The highest BCUT2D eigenvalue weighted by molar-refractivity contribution is 5.84. The zero-order chi connectivity index (χ0) is 13.8. The third-order valence-corrected chi connectivity index (χ3v) is 2.92. The molecular weight excluding hydrogens is 240 g/mol. The molecule has 5 nitrogen and oxygen atoms in total. The number of primary amides is 1. The molecule has 5 heteroatoms. The number of amides is 1. The Balaban J connectivity index is 2.23. The molecule has 3 N–H and O–H groups in total. The number of aromatic nitrogens is 2. The van der Waals surface area contributed by atoms with Gasteiger partial charge in [-0.2, -0.15) is 5.10 Å². The van der Waals surface area contributed by atoms with Crippen molar-refractivity contribution in [1.29, 1.82) is 0 Å². The average molecular weight is 258 g/mol. The maximum absolute atomic E-state index is 11.6. The van der Waals surface area contributed by atoms with Gasteiger partial charge in [0.15, 0.2) is 0 Å². The summed E-state index contributed by atoms with van der Waals surface area (Å²) in [4.78, 5) is 11.6. The number of hydrogen-bond acceptors (Lipinski definition) is 3. The standard InChI is InChI=1S/C14H18N4O/c1-3-18-9-11(8-16-18)13(14(15)19)17-12-6-4-5-10(2)7-12/h4-9,13,17H,3H2,1-2H3,(H2,15,19). The first-order chi connectivity index (χ1) is 9.10. The topological polar surface area (TPSA) is 72.9 Å². The number of benzene rings is 1. The van der Waals surface area contributed by atoms with Crippen LogP contribution in [0.2, 0.25) is 0 Å². The predicted molar refractivity (Wildman–Crippen MR) is 74.6 cm³/mol. The van der Waals surface area contributed by atoms with Gasteiger partial charge in [0.2, 0.25) is 5.91 Å². The summed E-state index contributed by atoms with van der Waals surface area (Å²) in [6.45, 7) is 4.75. The highest BCUT2D eigenvalue weighted by atomic mass is 16.1. The average Bonchev–Trinajstić information content (AvgIpc) is 2.84. The van der Waals surface area contributed by atoms with E-state index in [1.807, 2.05) is 44.3 Å². The van der Waals surface area contributed by atoms with E-state index in [1.165, 1.54) is 0 Å². The van der Waals surface area contributed by atoms with Gasteiger partial charge in [0.25, 0.3) is 0 Å². The number of carbonyl (C=O) groups is 1. The van der Waals surface area contributed by atoms with Gasteiger partial charge in [-0.15, -0.1) is 0 Å². The van der Waals surface area contributed by atoms with E-state index in [1.54, 1.807) is 10.9 Å². The van der Waals surface area contributed by atoms with E-state index in [0.29, 0.717) is 0 Å². The van der Waals surface area contributed by atoms with Crippen LogP contribution < -0.4 is 11.1 Å². The lowest BCUT2D eigenvalue weighted by atomic mass is 10.1. The maximum atomic E-state index is 11.6. The van der Waals surface area contributed by atoms with Crippen molar-refractivity contribution in [2.75, 3.05) is 5.32 Å². The predicted octanol–water partition coefficient (Wildman–Crippen LogP) is 1.85. The summed E-state index contributed by atoms with van der Waals surface area (Å²) in [6.07, 6.45) is 3.50. The minimum atomic E-state index is -0.568. The minimum Gasteiger partial charge on any atom is -0.370 e. The van der Waals surface area contributed by atoms with Gasteiger partial charge in [-0.05, 0) is 31.5 Å². The molecule has 0 spiro atoms. The number of rotatable bonds is 5. The monoisotopic (exact) mass is 258 g/mol. The van der Waals surface area contributed by atoms with Gasteiger partial charge < -0.3 is 11.1 Å². The molecule has 0 bridgehead atoms. The Morgan fingerprint density at radius 1 is 1.53 bits per heavy atom. The molecule has 0 aliphatic heterocycles. The van der Waals surface area contributed by atoms with Crippen LogP contribution in [-0.2, 0) is 11.3 Å². The number of nitrogens with two attached hydrogens (primary N) is 1. The Bertz CT molecular complexity index is 576. The zero-order valence-electron chi connectivity index (χ0n) is 11.1. The Morgan fingerprint density at radius 3 is 2.89 bits per heavy atom. The number of aryl methyl sites for hydroxylation is 2. The van der Waals surface area contributed by atoms with E-state index in [9.17, 15) is 4.79 Å². The van der Waals surface area contributed by atoms with Crippen molar-refractivity contribution in [3.8, 4) is 0 Å². The van der Waals surface area contributed by atoms with Crippen LogP contribution in [0.5, 0.6) is 0 Å². The number of carbonyl (C=O) groups excluding carboxylic acids is 1. The molecule has 1 aromatic heterocycles. The molecule has 1 heterocycles. The molecule has 0 fully saturated rings. The summed E-state index contributed by atoms with van der Waals surface area (Å²) in [5.74, 6) is -0.419. The second-order valence-electron chi connectivity index (χ2n) is 4.48. The first-order valence-electron chi connectivity index (χ1n) is 6.25. The van der Waals surface area contributed by atoms with Crippen LogP contribution in [-0.4, -0.2) is 15.7 Å². The molecule has 0 aliphatic rings. The van der Waals surface area contributed by atoms with Gasteiger partial charge in [0.05, 0.1) is 6.20 Å². The molecule has 100 valence electrons. The summed E-state index contributed by atoms with van der Waals surface area (Å²) in [6, 6.07) is 7.25. The summed E-state index contributed by atoms with van der Waals surface area (Å²) in [5.41, 5.74) is 8.23. The van der Waals surface area contributed by atoms with E-state index >= 15 is 0 Å². The quantitative estimate of drug-likeness (QED) is 0.859. The molecule has 2 aromatic rings. The van der Waals surface area contributed by atoms with Crippen molar-refractivity contribution >= 4 is 11.6 Å². The Labute approximate surface area is 112 Å². The molecule has 0 aliphatic carbocycles. The highest BCUT2D eigenvalue weighted by Gasteiger charge is 2.19. The van der Waals surface area contributed by atoms with Crippen molar-refractivity contribution in [2.45, 2.75) is 26.4 Å². The number of hydrogen-bond donors (Lipinski definition) is 2. The van der Waals surface area contributed by atoms with Gasteiger partial charge >= 0.3 is 0 Å². The van der Waals surface area contributed by atoms with E-state index in [4.69, 9.17) is 5.73 Å². The molecule has 1 amide bonds. The molecular formula is C14H18N4O. The maximum Gasteiger partial charge on any atom is 0.244 e. The van der Waals surface area contributed by atoms with E-state index < -0.39 is 11.9 Å². The Hall–Kier alpha value is -2.30. The SMILES string of the molecule is CCn1cc(C(Nc2cccc(C)c2)C(N)=O)cn1. The second kappa shape index (κ2) is 5.56. The second-order valence-corrected chi connectivity index (χ2v) is 4.48. The lowest BCUT2D eigenvalue weighted by Crippen LogP contribution is -2.27. The van der Waals surface area contributed by atoms with Gasteiger partial charge in [0, 0.05) is 24.0 Å². The van der Waals surface area contributed by atoms with Crippen LogP contribution in [0.1, 0.15) is 24.1 Å². The van der Waals surface area contributed by atoms with Crippen LogP contribution in [0.15, 0.2) is 36.7 Å². The van der Waals surface area contributed by atoms with Crippen LogP contribution in [0.3, 0.4) is 0 Å². The molecule has 2 rings (SSSR count). The molecule has 1 unspecified atom stereocenters. The van der Waals surface area contributed by atoms with Crippen molar-refractivity contribution in [2.24, 2.45) is 5.73 Å². The molecule has 1 atom stereocenters. The van der Waals surface area contributed by atoms with Crippen molar-refractivity contribution < 1.29 is 4.79 Å². The zero-order valence-corrected chi connectivity index (χ0v) is 11.1. The fourth-order valence-corrected chi connectivity index (χ4v) is 1.92. The Kier molecular flexibility index (Phi) is 3.85. The summed E-state index contributed by atoms with van der Waals surface area (Å²) in [5, 5.41) is 7.31. The third kappa shape index (κ3) is 3.13. The lowest BCUT2D eigenvalue weighted by Gasteiger charge is -2.15. The van der Waals surface area contributed by atoms with Gasteiger partial charge in [-0.3, -0.25) is 9.48 Å². The van der Waals surface area contributed by atoms with Crippen molar-refractivity contribution in [1.82, 2.24) is 9.78 Å². The summed E-state index contributed by atoms with van der Waals surface area (Å²) < 4.78 is 1.77. The van der Waals surface area contributed by atoms with E-state index in [-0.39, 0.29) is 0 Å². The minimum absolute atomic E-state index is 0.419. The largest absolute Gasteiger partial charge is 0.370 e. The van der Waals surface area contributed by atoms with Crippen LogP contribution in [0, 0.1) is 6.92 Å². The molecule has 0 saturated carbocycles. The summed E-state index contributed by atoms with van der Waals surface area (Å²) >= 11 is 0. The fraction of sp³-hybridized carbons (Fsp3) is 0.286. The van der Waals surface area contributed by atoms with Crippen molar-refractivity contribution in [3.05, 3.63) is 47.8 Å². The first kappa shape index (κ1) is 13.1.